The lowest BCUT2D eigenvalue weighted by Crippen LogP contribution is -2.26. The maximum Gasteiger partial charge on any atom is 0.469 e. The number of unbranched alkanes of at least 4 members (excludes halogenated alkanes) is 12. The monoisotopic (exact) mass is 677 g/mol. The molecule has 14 nitrogen and oxygen atoms in total. The zero-order valence-corrected chi connectivity index (χ0v) is 28.3. The van der Waals surface area contributed by atoms with Gasteiger partial charge < -0.3 is 39.3 Å². The molecule has 0 bridgehead atoms. The van der Waals surface area contributed by atoms with Gasteiger partial charge in [-0.25, -0.2) is 19.5 Å². The Labute approximate surface area is 266 Å². The van der Waals surface area contributed by atoms with E-state index in [1.54, 1.807) is 0 Å². The summed E-state index contributed by atoms with van der Waals surface area (Å²) >= 11 is 0. The van der Waals surface area contributed by atoms with Crippen LogP contribution in [0, 0.1) is 0 Å². The van der Waals surface area contributed by atoms with Gasteiger partial charge in [0.2, 0.25) is 0 Å². The average Bonchev–Trinajstić information content (AvgIpc) is 3.37. The molecule has 45 heavy (non-hydrogen) atoms. The molecule has 0 radical (unpaired) electrons. The van der Waals surface area contributed by atoms with Crippen LogP contribution in [0.5, 0.6) is 0 Å². The molecule has 0 aliphatic rings. The van der Waals surface area contributed by atoms with E-state index in [0.717, 1.165) is 12.8 Å². The van der Waals surface area contributed by atoms with Gasteiger partial charge in [-0.15, -0.1) is 0 Å². The molecule has 2 rings (SSSR count). The second-order valence-electron chi connectivity index (χ2n) is 11.3. The quantitative estimate of drug-likeness (QED) is 0.0441. The topological polar surface area (TPSA) is 212 Å². The highest BCUT2D eigenvalue weighted by Gasteiger charge is 2.24. The zero-order chi connectivity index (χ0) is 33.0. The number of anilines is 1. The number of rotatable bonds is 27. The summed E-state index contributed by atoms with van der Waals surface area (Å²) in [5.74, 6) is 0.586. The molecule has 0 unspecified atom stereocenters. The standard InChI is InChI=1S/C29H53N5O9P2/c1-2-3-4-5-6-7-8-9-10-11-12-13-14-15-16-17-19-41-20-18-26-32-28(30)27-29(33-26)34(23-31-27)21-25(22-43-45(38,39)40)42-24-44(35,36)37/h9-10,23,25H,2-8,11-22,24H2,1H3,(H2,30,32,33)(H2,35,36,37)(H2,38,39,40)/t25-/m0/s1. The Kier molecular flexibility index (Phi) is 19.2. The number of nitrogens with two attached hydrogens (primary N) is 1. The van der Waals surface area contributed by atoms with E-state index in [-0.39, 0.29) is 12.4 Å². The summed E-state index contributed by atoms with van der Waals surface area (Å²) in [6, 6.07) is 0. The molecule has 1 atom stereocenters. The summed E-state index contributed by atoms with van der Waals surface area (Å²) in [7, 11) is -9.37. The molecular formula is C29H53N5O9P2. The van der Waals surface area contributed by atoms with Crippen LogP contribution >= 0.6 is 15.4 Å². The van der Waals surface area contributed by atoms with Gasteiger partial charge in [-0.2, -0.15) is 0 Å². The van der Waals surface area contributed by atoms with Crippen molar-refractivity contribution in [1.82, 2.24) is 19.5 Å². The molecule has 2 heterocycles. The van der Waals surface area contributed by atoms with E-state index in [4.69, 9.17) is 34.8 Å². The van der Waals surface area contributed by atoms with Crippen molar-refractivity contribution >= 4 is 32.4 Å². The minimum Gasteiger partial charge on any atom is -0.382 e. The van der Waals surface area contributed by atoms with Gasteiger partial charge >= 0.3 is 15.4 Å². The maximum atomic E-state index is 11.3. The number of imidazole rings is 1. The van der Waals surface area contributed by atoms with Crippen molar-refractivity contribution < 1.29 is 42.7 Å². The molecule has 16 heteroatoms. The maximum absolute atomic E-state index is 11.3. The summed E-state index contributed by atoms with van der Waals surface area (Å²) in [5, 5.41) is 0. The van der Waals surface area contributed by atoms with Crippen molar-refractivity contribution in [3.63, 3.8) is 0 Å². The SMILES string of the molecule is CCCCCCCCC=CCCCCCCCCOCCc1nc(N)c2ncn(C[C@@H](COP(=O)(O)O)OCP(=O)(O)O)c2n1. The summed E-state index contributed by atoms with van der Waals surface area (Å²) in [6.07, 6.45) is 21.9. The molecule has 0 aliphatic carbocycles. The second kappa shape index (κ2) is 22.0. The summed E-state index contributed by atoms with van der Waals surface area (Å²) < 4.78 is 39.3. The van der Waals surface area contributed by atoms with Crippen LogP contribution in [0.3, 0.4) is 0 Å². The molecule has 0 aromatic carbocycles. The molecule has 0 saturated heterocycles. The molecule has 258 valence electrons. The highest BCUT2D eigenvalue weighted by Crippen LogP contribution is 2.37. The van der Waals surface area contributed by atoms with Gasteiger partial charge in [-0.3, -0.25) is 9.09 Å². The Morgan fingerprint density at radius 3 is 2.13 bits per heavy atom. The Hall–Kier alpha value is -1.73. The fourth-order valence-corrected chi connectivity index (χ4v) is 5.50. The number of aromatic nitrogens is 4. The Balaban J connectivity index is 1.66. The van der Waals surface area contributed by atoms with Crippen LogP contribution < -0.4 is 5.73 Å². The van der Waals surface area contributed by atoms with Crippen molar-refractivity contribution in [1.29, 1.82) is 0 Å². The number of phosphoric ester groups is 1. The highest BCUT2D eigenvalue weighted by atomic mass is 31.2. The fourth-order valence-electron chi connectivity index (χ4n) is 4.73. The predicted octanol–water partition coefficient (Wildman–Crippen LogP) is 5.63. The first-order valence-corrected chi connectivity index (χ1v) is 19.4. The van der Waals surface area contributed by atoms with Crippen molar-refractivity contribution in [2.45, 2.75) is 116 Å². The van der Waals surface area contributed by atoms with E-state index < -0.39 is 34.5 Å². The van der Waals surface area contributed by atoms with Crippen LogP contribution in [-0.4, -0.2) is 71.4 Å². The minimum absolute atomic E-state index is 0.112. The van der Waals surface area contributed by atoms with Crippen LogP contribution in [0.15, 0.2) is 18.5 Å². The number of allylic oxidation sites excluding steroid dienone is 2. The van der Waals surface area contributed by atoms with Crippen LogP contribution in [0.4, 0.5) is 5.82 Å². The number of nitrogens with zero attached hydrogens (tertiary/aromatic N) is 4. The lowest BCUT2D eigenvalue weighted by atomic mass is 10.1. The Morgan fingerprint density at radius 2 is 1.51 bits per heavy atom. The first-order chi connectivity index (χ1) is 21.5. The third kappa shape index (κ3) is 18.9. The Bertz CT molecular complexity index is 1190. The number of fused-ring (bicyclic) bond motifs is 1. The van der Waals surface area contributed by atoms with E-state index >= 15 is 0 Å². The number of hydrogen-bond acceptors (Lipinski definition) is 9. The smallest absolute Gasteiger partial charge is 0.382 e. The largest absolute Gasteiger partial charge is 0.469 e. The van der Waals surface area contributed by atoms with Gasteiger partial charge in [-0.05, 0) is 32.1 Å². The molecule has 2 aromatic heterocycles. The van der Waals surface area contributed by atoms with Crippen LogP contribution in [0.1, 0.15) is 103 Å². The molecule has 0 amide bonds. The second-order valence-corrected chi connectivity index (χ2v) is 14.1. The van der Waals surface area contributed by atoms with Gasteiger partial charge in [0.1, 0.15) is 23.8 Å². The van der Waals surface area contributed by atoms with Gasteiger partial charge in [0, 0.05) is 13.0 Å². The van der Waals surface area contributed by atoms with E-state index in [2.05, 4.69) is 38.6 Å². The highest BCUT2D eigenvalue weighted by molar-refractivity contribution is 7.51. The number of nitrogen functional groups attached to an aromatic ring is 1. The molecular weight excluding hydrogens is 624 g/mol. The van der Waals surface area contributed by atoms with Gasteiger partial charge in [-0.1, -0.05) is 76.9 Å². The molecule has 6 N–H and O–H groups in total. The van der Waals surface area contributed by atoms with Crippen molar-refractivity contribution in [3.05, 3.63) is 24.3 Å². The molecule has 0 saturated carbocycles. The first kappa shape index (κ1) is 39.4. The number of phosphoric acid groups is 1. The minimum atomic E-state index is -4.84. The Morgan fingerprint density at radius 1 is 0.889 bits per heavy atom. The van der Waals surface area contributed by atoms with Crippen LogP contribution in [0.25, 0.3) is 11.2 Å². The van der Waals surface area contributed by atoms with E-state index in [0.29, 0.717) is 36.6 Å². The molecule has 2 aromatic rings. The predicted molar refractivity (Wildman–Crippen MR) is 173 cm³/mol. The van der Waals surface area contributed by atoms with E-state index in [1.807, 2.05) is 0 Å². The summed E-state index contributed by atoms with van der Waals surface area (Å²) in [6.45, 7) is 2.57. The van der Waals surface area contributed by atoms with Gasteiger partial charge in [0.25, 0.3) is 0 Å². The van der Waals surface area contributed by atoms with Gasteiger partial charge in [0.15, 0.2) is 11.5 Å². The number of ether oxygens (including phenoxy) is 2. The third-order valence-electron chi connectivity index (χ3n) is 7.11. The fraction of sp³-hybridized carbons (Fsp3) is 0.759. The van der Waals surface area contributed by atoms with Gasteiger partial charge in [0.05, 0.1) is 26.1 Å². The van der Waals surface area contributed by atoms with E-state index in [1.165, 1.54) is 87.9 Å². The van der Waals surface area contributed by atoms with Crippen LogP contribution in [0.2, 0.25) is 0 Å². The average molecular weight is 678 g/mol. The van der Waals surface area contributed by atoms with Crippen molar-refractivity contribution in [2.75, 3.05) is 31.9 Å². The van der Waals surface area contributed by atoms with Crippen molar-refractivity contribution in [3.8, 4) is 0 Å². The van der Waals surface area contributed by atoms with Crippen molar-refractivity contribution in [2.24, 2.45) is 0 Å². The lowest BCUT2D eigenvalue weighted by Gasteiger charge is -2.19. The summed E-state index contributed by atoms with van der Waals surface area (Å²) in [5.41, 5.74) is 6.73. The number of hydrogen-bond donors (Lipinski definition) is 5. The third-order valence-corrected chi connectivity index (χ3v) is 8.09. The zero-order valence-electron chi connectivity index (χ0n) is 26.5. The normalized spacial score (nSPS) is 13.4. The molecule has 0 fully saturated rings. The lowest BCUT2D eigenvalue weighted by molar-refractivity contribution is 0.0189. The van der Waals surface area contributed by atoms with Crippen LogP contribution in [-0.2, 0) is 36.1 Å². The molecule has 0 aliphatic heterocycles. The van der Waals surface area contributed by atoms with E-state index in [9.17, 15) is 9.13 Å². The summed E-state index contributed by atoms with van der Waals surface area (Å²) in [4.78, 5) is 49.3. The first-order valence-electron chi connectivity index (χ1n) is 16.0. The molecule has 0 spiro atoms.